The largest absolute Gasteiger partial charge is 0.462 e. The summed E-state index contributed by atoms with van der Waals surface area (Å²) in [5.41, 5.74) is 0. The fraction of sp³-hybridized carbons (Fsp3) is 0.781. The fourth-order valence-corrected chi connectivity index (χ4v) is 8.80. The lowest BCUT2D eigenvalue weighted by molar-refractivity contribution is -0.161. The molecule has 1 unspecified atom stereocenters. The molecule has 0 aromatic heterocycles. The normalized spacial score (nSPS) is 12.7. The molecule has 0 fully saturated rings. The Morgan fingerprint density at radius 3 is 0.942 bits per heavy atom. The van der Waals surface area contributed by atoms with E-state index < -0.39 is 6.10 Å². The van der Waals surface area contributed by atoms with Crippen molar-refractivity contribution in [2.45, 2.75) is 309 Å². The number of hydrogen-bond acceptors (Lipinski definition) is 5. The second-order valence-electron chi connectivity index (χ2n) is 20.1. The third-order valence-corrected chi connectivity index (χ3v) is 13.3. The van der Waals surface area contributed by atoms with Crippen LogP contribution in [0.15, 0.2) is 72.9 Å². The molecule has 0 radical (unpaired) electrons. The first-order valence-corrected chi connectivity index (χ1v) is 30.0. The van der Waals surface area contributed by atoms with Gasteiger partial charge in [0.2, 0.25) is 0 Å². The molecule has 0 aliphatic heterocycles. The monoisotopic (exact) mass is 963 g/mol. The highest BCUT2D eigenvalue weighted by Gasteiger charge is 2.16. The second kappa shape index (κ2) is 59.6. The Kier molecular flexibility index (Phi) is 57.3. The molecule has 69 heavy (non-hydrogen) atoms. The van der Waals surface area contributed by atoms with Crippen molar-refractivity contribution in [3.05, 3.63) is 72.9 Å². The van der Waals surface area contributed by atoms with Crippen molar-refractivity contribution in [1.82, 2.24) is 0 Å². The summed E-state index contributed by atoms with van der Waals surface area (Å²) >= 11 is 0. The maximum absolute atomic E-state index is 12.3. The molecule has 1 atom stereocenters. The molecule has 0 amide bonds. The van der Waals surface area contributed by atoms with Gasteiger partial charge in [-0.05, 0) is 64.2 Å². The van der Waals surface area contributed by atoms with Crippen LogP contribution in [0.4, 0.5) is 0 Å². The van der Waals surface area contributed by atoms with E-state index >= 15 is 0 Å². The van der Waals surface area contributed by atoms with Gasteiger partial charge in [0.15, 0.2) is 6.10 Å². The minimum absolute atomic E-state index is 0.0624. The summed E-state index contributed by atoms with van der Waals surface area (Å²) in [4.78, 5) is 24.5. The first-order valence-electron chi connectivity index (χ1n) is 30.0. The van der Waals surface area contributed by atoms with E-state index in [1.807, 2.05) is 0 Å². The van der Waals surface area contributed by atoms with Crippen molar-refractivity contribution < 1.29 is 24.2 Å². The first-order chi connectivity index (χ1) is 34.1. The zero-order valence-corrected chi connectivity index (χ0v) is 45.8. The Morgan fingerprint density at radius 1 is 0.348 bits per heavy atom. The SMILES string of the molecule is CC/C=C\C/C=C\C/C=C\C/C=C\C/C=C\C/C=C\CCCCCCCCCCCCCCCCCCC(=O)OC(CO)COC(=O)CCCCCCCCCCCCCCCCCCCCCC. The molecule has 400 valence electrons. The first kappa shape index (κ1) is 66.3. The van der Waals surface area contributed by atoms with Crippen LogP contribution in [-0.2, 0) is 19.1 Å². The third-order valence-electron chi connectivity index (χ3n) is 13.3. The molecule has 0 saturated carbocycles. The van der Waals surface area contributed by atoms with Crippen molar-refractivity contribution in [2.75, 3.05) is 13.2 Å². The predicted molar refractivity (Wildman–Crippen MR) is 302 cm³/mol. The van der Waals surface area contributed by atoms with Crippen LogP contribution >= 0.6 is 0 Å². The zero-order chi connectivity index (χ0) is 49.9. The Bertz CT molecular complexity index is 1230. The molecule has 5 heteroatoms. The molecule has 0 spiro atoms. The Hall–Kier alpha value is -2.66. The summed E-state index contributed by atoms with van der Waals surface area (Å²) in [6, 6.07) is 0. The van der Waals surface area contributed by atoms with Crippen LogP contribution in [0.1, 0.15) is 303 Å². The lowest BCUT2D eigenvalue weighted by Crippen LogP contribution is -2.28. The summed E-state index contributed by atoms with van der Waals surface area (Å²) < 4.78 is 10.7. The smallest absolute Gasteiger partial charge is 0.306 e. The zero-order valence-electron chi connectivity index (χ0n) is 45.8. The van der Waals surface area contributed by atoms with Crippen molar-refractivity contribution in [3.8, 4) is 0 Å². The Labute approximate surface area is 429 Å². The minimum atomic E-state index is -0.772. The molecule has 0 aromatic rings. The van der Waals surface area contributed by atoms with Crippen LogP contribution in [0.5, 0.6) is 0 Å². The maximum atomic E-state index is 12.3. The number of rotatable bonds is 55. The molecule has 0 bridgehead atoms. The van der Waals surface area contributed by atoms with E-state index in [1.165, 1.54) is 199 Å². The van der Waals surface area contributed by atoms with Crippen LogP contribution in [-0.4, -0.2) is 36.4 Å². The van der Waals surface area contributed by atoms with Crippen molar-refractivity contribution >= 4 is 11.9 Å². The number of esters is 2. The highest BCUT2D eigenvalue weighted by Crippen LogP contribution is 2.17. The molecule has 0 aliphatic rings. The van der Waals surface area contributed by atoms with Gasteiger partial charge in [0, 0.05) is 12.8 Å². The molecule has 0 aliphatic carbocycles. The van der Waals surface area contributed by atoms with Crippen LogP contribution < -0.4 is 0 Å². The number of carbonyl (C=O) groups excluding carboxylic acids is 2. The summed E-state index contributed by atoms with van der Waals surface area (Å²) in [5, 5.41) is 9.66. The number of allylic oxidation sites excluding steroid dienone is 12. The average molecular weight is 964 g/mol. The van der Waals surface area contributed by atoms with E-state index in [4.69, 9.17) is 9.47 Å². The van der Waals surface area contributed by atoms with Gasteiger partial charge < -0.3 is 14.6 Å². The van der Waals surface area contributed by atoms with Gasteiger partial charge in [-0.15, -0.1) is 0 Å². The van der Waals surface area contributed by atoms with E-state index in [0.29, 0.717) is 12.8 Å². The molecule has 1 N–H and O–H groups in total. The van der Waals surface area contributed by atoms with Gasteiger partial charge in [0.25, 0.3) is 0 Å². The van der Waals surface area contributed by atoms with E-state index in [0.717, 1.165) is 77.0 Å². The van der Waals surface area contributed by atoms with Crippen molar-refractivity contribution in [1.29, 1.82) is 0 Å². The van der Waals surface area contributed by atoms with Gasteiger partial charge in [-0.3, -0.25) is 9.59 Å². The highest BCUT2D eigenvalue weighted by atomic mass is 16.6. The third kappa shape index (κ3) is 57.8. The van der Waals surface area contributed by atoms with Gasteiger partial charge in [-0.2, -0.15) is 0 Å². The number of aliphatic hydroxyl groups excluding tert-OH is 1. The number of unbranched alkanes of at least 4 members (excludes halogenated alkanes) is 35. The predicted octanol–water partition coefficient (Wildman–Crippen LogP) is 20.4. The molecular formula is C64H114O5. The van der Waals surface area contributed by atoms with E-state index in [9.17, 15) is 14.7 Å². The van der Waals surface area contributed by atoms with Crippen LogP contribution in [0.2, 0.25) is 0 Å². The lowest BCUT2D eigenvalue weighted by atomic mass is 10.0. The van der Waals surface area contributed by atoms with Crippen LogP contribution in [0.3, 0.4) is 0 Å². The Morgan fingerprint density at radius 2 is 0.623 bits per heavy atom. The van der Waals surface area contributed by atoms with E-state index in [1.54, 1.807) is 0 Å². The molecule has 0 aromatic carbocycles. The topological polar surface area (TPSA) is 72.8 Å². The second-order valence-corrected chi connectivity index (χ2v) is 20.1. The quantitative estimate of drug-likeness (QED) is 0.0374. The number of carbonyl (C=O) groups is 2. The van der Waals surface area contributed by atoms with E-state index in [2.05, 4.69) is 86.8 Å². The van der Waals surface area contributed by atoms with Gasteiger partial charge in [0.1, 0.15) is 6.61 Å². The molecule has 0 rings (SSSR count). The fourth-order valence-electron chi connectivity index (χ4n) is 8.80. The standard InChI is InChI=1S/C64H114O5/c1-3-5-7-9-11-13-15-17-19-21-23-25-26-27-28-29-30-31-32-33-34-35-36-37-38-39-41-43-45-47-49-51-53-55-57-59-64(67)69-62(60-65)61-68-63(66)58-56-54-52-50-48-46-44-42-40-24-22-20-18-16-14-12-10-8-6-4-2/h5,7,11,13,17,19,23,25,27-28,30-31,62,65H,3-4,6,8-10,12,14-16,18,20-22,24,26,29,32-61H2,1-2H3/b7-5-,13-11-,19-17-,25-23-,28-27-,31-30-. The minimum Gasteiger partial charge on any atom is -0.462 e. The number of aliphatic hydroxyl groups is 1. The maximum Gasteiger partial charge on any atom is 0.306 e. The number of ether oxygens (including phenoxy) is 2. The lowest BCUT2D eigenvalue weighted by Gasteiger charge is -2.15. The summed E-state index contributed by atoms with van der Waals surface area (Å²) in [6.45, 7) is 4.07. The van der Waals surface area contributed by atoms with Gasteiger partial charge >= 0.3 is 11.9 Å². The van der Waals surface area contributed by atoms with Gasteiger partial charge in [0.05, 0.1) is 6.61 Å². The molecular weight excluding hydrogens is 849 g/mol. The van der Waals surface area contributed by atoms with Crippen molar-refractivity contribution in [3.63, 3.8) is 0 Å². The van der Waals surface area contributed by atoms with Gasteiger partial charge in [-0.25, -0.2) is 0 Å². The summed E-state index contributed by atoms with van der Waals surface area (Å²) in [7, 11) is 0. The molecule has 0 heterocycles. The highest BCUT2D eigenvalue weighted by molar-refractivity contribution is 5.70. The van der Waals surface area contributed by atoms with Crippen molar-refractivity contribution in [2.24, 2.45) is 0 Å². The summed E-state index contributed by atoms with van der Waals surface area (Å²) in [6.07, 6.45) is 81.7. The summed E-state index contributed by atoms with van der Waals surface area (Å²) in [5.74, 6) is -0.576. The van der Waals surface area contributed by atoms with Crippen LogP contribution in [0.25, 0.3) is 0 Å². The van der Waals surface area contributed by atoms with Crippen LogP contribution in [0, 0.1) is 0 Å². The van der Waals surface area contributed by atoms with E-state index in [-0.39, 0.29) is 25.2 Å². The molecule has 5 nitrogen and oxygen atoms in total. The Balaban J connectivity index is 3.46. The number of hydrogen-bond donors (Lipinski definition) is 1. The molecule has 0 saturated heterocycles. The average Bonchev–Trinajstić information content (AvgIpc) is 3.35. The van der Waals surface area contributed by atoms with Gasteiger partial charge in [-0.1, -0.05) is 299 Å².